The van der Waals surface area contributed by atoms with Gasteiger partial charge in [-0.3, -0.25) is 0 Å². The zero-order valence-corrected chi connectivity index (χ0v) is 10.3. The summed E-state index contributed by atoms with van der Waals surface area (Å²) in [5, 5.41) is 1.27. The predicted molar refractivity (Wildman–Crippen MR) is 65.7 cm³/mol. The monoisotopic (exact) mass is 243 g/mol. The molecular weight excluding hydrogens is 229 g/mol. The van der Waals surface area contributed by atoms with Crippen molar-refractivity contribution in [3.8, 4) is 0 Å². The first-order chi connectivity index (χ1) is 7.00. The topological polar surface area (TPSA) is 26.0 Å². The van der Waals surface area contributed by atoms with E-state index < -0.39 is 0 Å². The Morgan fingerprint density at radius 2 is 1.87 bits per heavy atom. The highest BCUT2D eigenvalue weighted by Gasteiger charge is 2.37. The highest BCUT2D eigenvalue weighted by molar-refractivity contribution is 6.42. The number of hydrogen-bond donors (Lipinski definition) is 1. The minimum Gasteiger partial charge on any atom is -0.325 e. The van der Waals surface area contributed by atoms with Gasteiger partial charge < -0.3 is 5.73 Å². The second kappa shape index (κ2) is 3.97. The molecule has 2 N–H and O–H groups in total. The number of benzene rings is 1. The van der Waals surface area contributed by atoms with Gasteiger partial charge in [-0.1, -0.05) is 23.2 Å². The van der Waals surface area contributed by atoms with Crippen LogP contribution in [0, 0.1) is 6.92 Å². The number of halogens is 2. The normalized spacial score (nSPS) is 17.9. The van der Waals surface area contributed by atoms with Crippen molar-refractivity contribution in [2.75, 3.05) is 0 Å². The van der Waals surface area contributed by atoms with Gasteiger partial charge in [0.05, 0.1) is 10.0 Å². The number of aryl methyl sites for hydroxylation is 2. The van der Waals surface area contributed by atoms with Crippen LogP contribution >= 0.6 is 23.2 Å². The molecule has 1 aromatic carbocycles. The van der Waals surface area contributed by atoms with Crippen LogP contribution in [-0.4, -0.2) is 5.54 Å². The molecule has 1 saturated carbocycles. The molecule has 0 aromatic heterocycles. The maximum atomic E-state index is 6.05. The van der Waals surface area contributed by atoms with Gasteiger partial charge in [0.2, 0.25) is 0 Å². The number of hydrogen-bond acceptors (Lipinski definition) is 1. The average molecular weight is 244 g/mol. The third-order valence-electron chi connectivity index (χ3n) is 3.16. The molecule has 1 aliphatic rings. The molecule has 15 heavy (non-hydrogen) atoms. The van der Waals surface area contributed by atoms with Crippen molar-refractivity contribution >= 4 is 23.2 Å². The van der Waals surface area contributed by atoms with Crippen LogP contribution in [0.5, 0.6) is 0 Å². The lowest BCUT2D eigenvalue weighted by atomic mass is 10.0. The Hall–Kier alpha value is -0.240. The predicted octanol–water partition coefficient (Wildman–Crippen LogP) is 3.73. The molecule has 1 aromatic rings. The van der Waals surface area contributed by atoms with Crippen LogP contribution in [-0.2, 0) is 6.42 Å². The molecule has 0 aliphatic heterocycles. The second-order valence-corrected chi connectivity index (χ2v) is 5.37. The van der Waals surface area contributed by atoms with Crippen LogP contribution in [0.15, 0.2) is 12.1 Å². The van der Waals surface area contributed by atoms with E-state index in [4.69, 9.17) is 28.9 Å². The van der Waals surface area contributed by atoms with Gasteiger partial charge in [0.1, 0.15) is 0 Å². The van der Waals surface area contributed by atoms with E-state index in [2.05, 4.69) is 6.92 Å². The molecule has 0 spiro atoms. The summed E-state index contributed by atoms with van der Waals surface area (Å²) >= 11 is 11.9. The summed E-state index contributed by atoms with van der Waals surface area (Å²) < 4.78 is 0. The fourth-order valence-corrected chi connectivity index (χ4v) is 2.16. The molecule has 2 rings (SSSR count). The van der Waals surface area contributed by atoms with Crippen molar-refractivity contribution in [2.45, 2.75) is 38.1 Å². The first-order valence-corrected chi connectivity index (χ1v) is 5.99. The molecular formula is C12H15Cl2N. The minimum absolute atomic E-state index is 0.110. The molecule has 1 nitrogen and oxygen atoms in total. The molecule has 82 valence electrons. The molecule has 0 saturated heterocycles. The lowest BCUT2D eigenvalue weighted by Crippen LogP contribution is -2.22. The summed E-state index contributed by atoms with van der Waals surface area (Å²) in [6.07, 6.45) is 4.37. The van der Waals surface area contributed by atoms with Crippen molar-refractivity contribution in [3.05, 3.63) is 33.3 Å². The summed E-state index contributed by atoms with van der Waals surface area (Å²) in [6.45, 7) is 2.06. The lowest BCUT2D eigenvalue weighted by molar-refractivity contribution is 0.608. The van der Waals surface area contributed by atoms with Crippen LogP contribution in [0.25, 0.3) is 0 Å². The van der Waals surface area contributed by atoms with Crippen molar-refractivity contribution in [2.24, 2.45) is 5.73 Å². The van der Waals surface area contributed by atoms with Gasteiger partial charge in [-0.15, -0.1) is 0 Å². The molecule has 3 heteroatoms. The van der Waals surface area contributed by atoms with E-state index in [1.807, 2.05) is 12.1 Å². The zero-order valence-electron chi connectivity index (χ0n) is 8.82. The van der Waals surface area contributed by atoms with Crippen LogP contribution < -0.4 is 5.73 Å². The van der Waals surface area contributed by atoms with E-state index in [0.717, 1.165) is 25.7 Å². The van der Waals surface area contributed by atoms with Crippen molar-refractivity contribution < 1.29 is 0 Å². The fraction of sp³-hybridized carbons (Fsp3) is 0.500. The summed E-state index contributed by atoms with van der Waals surface area (Å²) in [7, 11) is 0. The van der Waals surface area contributed by atoms with Crippen molar-refractivity contribution in [3.63, 3.8) is 0 Å². The van der Waals surface area contributed by atoms with E-state index in [1.54, 1.807) is 0 Å². The van der Waals surface area contributed by atoms with Gasteiger partial charge in [0, 0.05) is 5.54 Å². The first kappa shape index (κ1) is 11.3. The Morgan fingerprint density at radius 3 is 2.47 bits per heavy atom. The Balaban J connectivity index is 2.10. The highest BCUT2D eigenvalue weighted by atomic mass is 35.5. The smallest absolute Gasteiger partial charge is 0.0595 e. The van der Waals surface area contributed by atoms with Gasteiger partial charge in [0.25, 0.3) is 0 Å². The Morgan fingerprint density at radius 1 is 1.27 bits per heavy atom. The summed E-state index contributed by atoms with van der Waals surface area (Å²) in [4.78, 5) is 0. The SMILES string of the molecule is Cc1cc(Cl)c(Cl)cc1CCC1(N)CC1. The largest absolute Gasteiger partial charge is 0.325 e. The maximum absolute atomic E-state index is 6.05. The third-order valence-corrected chi connectivity index (χ3v) is 3.89. The third kappa shape index (κ3) is 2.66. The summed E-state index contributed by atoms with van der Waals surface area (Å²) in [5.41, 5.74) is 8.63. The van der Waals surface area contributed by atoms with Gasteiger partial charge in [-0.25, -0.2) is 0 Å². The number of rotatable bonds is 3. The van der Waals surface area contributed by atoms with Crippen molar-refractivity contribution in [1.29, 1.82) is 0 Å². The first-order valence-electron chi connectivity index (χ1n) is 5.24. The van der Waals surface area contributed by atoms with E-state index >= 15 is 0 Å². The molecule has 0 heterocycles. The fourth-order valence-electron chi connectivity index (χ4n) is 1.75. The minimum atomic E-state index is 0.110. The molecule has 1 fully saturated rings. The lowest BCUT2D eigenvalue weighted by Gasteiger charge is -2.11. The Labute approximate surface area is 101 Å². The van der Waals surface area contributed by atoms with Gasteiger partial charge >= 0.3 is 0 Å². The molecule has 0 amide bonds. The van der Waals surface area contributed by atoms with Gasteiger partial charge in [-0.2, -0.15) is 0 Å². The zero-order chi connectivity index (χ0) is 11.1. The van der Waals surface area contributed by atoms with Crippen molar-refractivity contribution in [1.82, 2.24) is 0 Å². The van der Waals surface area contributed by atoms with Crippen LogP contribution in [0.4, 0.5) is 0 Å². The molecule has 0 unspecified atom stereocenters. The van der Waals surface area contributed by atoms with E-state index in [0.29, 0.717) is 10.0 Å². The van der Waals surface area contributed by atoms with Gasteiger partial charge in [0.15, 0.2) is 0 Å². The Kier molecular flexibility index (Phi) is 2.98. The summed E-state index contributed by atoms with van der Waals surface area (Å²) in [6, 6.07) is 3.89. The van der Waals surface area contributed by atoms with E-state index in [9.17, 15) is 0 Å². The molecule has 0 atom stereocenters. The molecule has 1 aliphatic carbocycles. The average Bonchev–Trinajstić information content (AvgIpc) is 2.89. The number of nitrogens with two attached hydrogens (primary N) is 1. The van der Waals surface area contributed by atoms with Crippen LogP contribution in [0.3, 0.4) is 0 Å². The highest BCUT2D eigenvalue weighted by Crippen LogP contribution is 2.37. The quantitative estimate of drug-likeness (QED) is 0.861. The molecule has 0 radical (unpaired) electrons. The van der Waals surface area contributed by atoms with Gasteiger partial charge in [-0.05, 0) is 55.9 Å². The summed E-state index contributed by atoms with van der Waals surface area (Å²) in [5.74, 6) is 0. The van der Waals surface area contributed by atoms with Crippen LogP contribution in [0.1, 0.15) is 30.4 Å². The van der Waals surface area contributed by atoms with E-state index in [-0.39, 0.29) is 5.54 Å². The standard InChI is InChI=1S/C12H15Cl2N/c1-8-6-10(13)11(14)7-9(8)2-3-12(15)4-5-12/h6-7H,2-5,15H2,1H3. The van der Waals surface area contributed by atoms with E-state index in [1.165, 1.54) is 11.1 Å². The molecule has 0 bridgehead atoms. The Bertz CT molecular complexity index is 383. The van der Waals surface area contributed by atoms with Crippen LogP contribution in [0.2, 0.25) is 10.0 Å². The second-order valence-electron chi connectivity index (χ2n) is 4.56. The maximum Gasteiger partial charge on any atom is 0.0595 e.